The molecule has 1 amide bonds. The summed E-state index contributed by atoms with van der Waals surface area (Å²) in [5.74, 6) is -3.90. The highest BCUT2D eigenvalue weighted by Crippen LogP contribution is 2.28. The molecule has 12 nitrogen and oxygen atoms in total. The van der Waals surface area contributed by atoms with E-state index < -0.39 is 67.0 Å². The number of benzene rings is 1. The maximum absolute atomic E-state index is 12.7. The summed E-state index contributed by atoms with van der Waals surface area (Å²) in [5, 5.41) is 12.1. The zero-order chi connectivity index (χ0) is 24.7. The third-order valence-electron chi connectivity index (χ3n) is 4.38. The Balaban J connectivity index is 2.43. The van der Waals surface area contributed by atoms with E-state index >= 15 is 0 Å². The molecule has 0 unspecified atom stereocenters. The molecule has 5 atom stereocenters. The Morgan fingerprint density at radius 1 is 0.939 bits per heavy atom. The van der Waals surface area contributed by atoms with Gasteiger partial charge in [-0.3, -0.25) is 19.2 Å². The highest BCUT2D eigenvalue weighted by Gasteiger charge is 2.52. The smallest absolute Gasteiger partial charge is 0.340 e. The Bertz CT molecular complexity index is 915. The molecule has 12 heteroatoms. The molecule has 33 heavy (non-hydrogen) atoms. The molecule has 0 aliphatic carbocycles. The summed E-state index contributed by atoms with van der Waals surface area (Å²) >= 11 is 0. The predicted octanol–water partition coefficient (Wildman–Crippen LogP) is 0.205. The lowest BCUT2D eigenvalue weighted by Gasteiger charge is -2.44. The molecule has 1 heterocycles. The standard InChI is InChI=1S/C21H25NO11/c1-10(23)22-17-19(31-13(4)26)18(30-12(3)25)16(9-29-11(2)24)32-21(17)33-20(28)14-6-5-7-15(27)8-14/h5-8,16-19,21,27H,9H2,1-4H3,(H,22,23)/t16-,17+,18-,19-,21+/m1/s1. The van der Waals surface area contributed by atoms with E-state index in [0.29, 0.717) is 0 Å². The van der Waals surface area contributed by atoms with Gasteiger partial charge in [-0.2, -0.15) is 0 Å². The number of phenolic OH excluding ortho intramolecular Hbond substituents is 1. The lowest BCUT2D eigenvalue weighted by molar-refractivity contribution is -0.263. The largest absolute Gasteiger partial charge is 0.508 e. The zero-order valence-electron chi connectivity index (χ0n) is 18.4. The van der Waals surface area contributed by atoms with E-state index in [0.717, 1.165) is 26.8 Å². The molecule has 1 saturated heterocycles. The van der Waals surface area contributed by atoms with Gasteiger partial charge in [0.25, 0.3) is 0 Å². The normalized spacial score (nSPS) is 24.2. The van der Waals surface area contributed by atoms with Gasteiger partial charge < -0.3 is 34.1 Å². The van der Waals surface area contributed by atoms with Crippen molar-refractivity contribution >= 4 is 29.8 Å². The van der Waals surface area contributed by atoms with Gasteiger partial charge in [0.2, 0.25) is 12.2 Å². The van der Waals surface area contributed by atoms with Crippen LogP contribution in [0.15, 0.2) is 24.3 Å². The first-order valence-electron chi connectivity index (χ1n) is 9.88. The van der Waals surface area contributed by atoms with Crippen molar-refractivity contribution < 1.29 is 52.8 Å². The molecule has 2 rings (SSSR count). The first-order valence-corrected chi connectivity index (χ1v) is 9.88. The number of rotatable bonds is 7. The Morgan fingerprint density at radius 2 is 1.58 bits per heavy atom. The first-order chi connectivity index (χ1) is 15.5. The van der Waals surface area contributed by atoms with Crippen LogP contribution in [0.5, 0.6) is 5.75 Å². The van der Waals surface area contributed by atoms with Crippen LogP contribution in [0.1, 0.15) is 38.1 Å². The van der Waals surface area contributed by atoms with Crippen LogP contribution in [-0.4, -0.2) is 72.1 Å². The fraction of sp³-hybridized carbons (Fsp3) is 0.476. The number of ether oxygens (including phenoxy) is 5. The number of aromatic hydroxyl groups is 1. The van der Waals surface area contributed by atoms with Gasteiger partial charge in [0.05, 0.1) is 5.56 Å². The van der Waals surface area contributed by atoms with Gasteiger partial charge in [-0.15, -0.1) is 0 Å². The Labute approximate surface area is 189 Å². The number of hydrogen-bond donors (Lipinski definition) is 2. The minimum Gasteiger partial charge on any atom is -0.508 e. The summed E-state index contributed by atoms with van der Waals surface area (Å²) < 4.78 is 26.6. The van der Waals surface area contributed by atoms with E-state index in [-0.39, 0.29) is 11.3 Å². The van der Waals surface area contributed by atoms with Gasteiger partial charge in [0, 0.05) is 27.7 Å². The number of nitrogens with one attached hydrogen (secondary N) is 1. The number of phenols is 1. The second-order valence-electron chi connectivity index (χ2n) is 7.18. The van der Waals surface area contributed by atoms with Gasteiger partial charge in [-0.1, -0.05) is 6.07 Å². The first kappa shape index (κ1) is 25.6. The van der Waals surface area contributed by atoms with E-state index in [1.807, 2.05) is 0 Å². The van der Waals surface area contributed by atoms with Crippen molar-refractivity contribution in [3.8, 4) is 5.75 Å². The van der Waals surface area contributed by atoms with Crippen molar-refractivity contribution in [2.24, 2.45) is 0 Å². The molecule has 1 fully saturated rings. The molecule has 2 N–H and O–H groups in total. The number of amides is 1. The minimum absolute atomic E-state index is 0.0251. The average Bonchev–Trinajstić information content (AvgIpc) is 2.69. The van der Waals surface area contributed by atoms with Gasteiger partial charge >= 0.3 is 23.9 Å². The molecule has 0 radical (unpaired) electrons. The van der Waals surface area contributed by atoms with Crippen molar-refractivity contribution in [3.05, 3.63) is 29.8 Å². The van der Waals surface area contributed by atoms with Crippen molar-refractivity contribution in [2.75, 3.05) is 6.61 Å². The molecule has 1 aromatic carbocycles. The Hall–Kier alpha value is -3.67. The van der Waals surface area contributed by atoms with E-state index in [2.05, 4.69) is 5.32 Å². The predicted molar refractivity (Wildman–Crippen MR) is 108 cm³/mol. The molecule has 0 bridgehead atoms. The lowest BCUT2D eigenvalue weighted by atomic mass is 9.96. The fourth-order valence-electron chi connectivity index (χ4n) is 3.20. The van der Waals surface area contributed by atoms with Crippen molar-refractivity contribution in [1.82, 2.24) is 5.32 Å². The molecule has 1 aliphatic heterocycles. The lowest BCUT2D eigenvalue weighted by Crippen LogP contribution is -2.66. The van der Waals surface area contributed by atoms with E-state index in [1.165, 1.54) is 25.1 Å². The van der Waals surface area contributed by atoms with Crippen LogP contribution in [0, 0.1) is 0 Å². The molecule has 1 aromatic rings. The summed E-state index contributed by atoms with van der Waals surface area (Å²) in [7, 11) is 0. The Kier molecular flexibility index (Phi) is 8.74. The SMILES string of the molecule is CC(=O)N[C@@H]1[C@H](OC(=O)c2cccc(O)c2)O[C@H](COC(C)=O)[C@@H](OC(C)=O)[C@@H]1OC(C)=O. The summed E-state index contributed by atoms with van der Waals surface area (Å²) in [6, 6.07) is 4.01. The molecule has 0 aromatic heterocycles. The van der Waals surface area contributed by atoms with Crippen LogP contribution in [0.3, 0.4) is 0 Å². The van der Waals surface area contributed by atoms with Crippen LogP contribution < -0.4 is 5.32 Å². The third-order valence-corrected chi connectivity index (χ3v) is 4.38. The highest BCUT2D eigenvalue weighted by molar-refractivity contribution is 5.90. The van der Waals surface area contributed by atoms with Crippen LogP contribution in [0.2, 0.25) is 0 Å². The maximum Gasteiger partial charge on any atom is 0.340 e. The number of carbonyl (C=O) groups is 5. The topological polar surface area (TPSA) is 164 Å². The highest BCUT2D eigenvalue weighted by atomic mass is 16.7. The molecule has 180 valence electrons. The van der Waals surface area contributed by atoms with Crippen molar-refractivity contribution in [3.63, 3.8) is 0 Å². The summed E-state index contributed by atoms with van der Waals surface area (Å²) in [6.45, 7) is 4.09. The second kappa shape index (κ2) is 11.3. The third kappa shape index (κ3) is 7.45. The molecule has 0 spiro atoms. The fourth-order valence-corrected chi connectivity index (χ4v) is 3.20. The second-order valence-corrected chi connectivity index (χ2v) is 7.18. The van der Waals surface area contributed by atoms with Crippen LogP contribution in [-0.2, 0) is 42.9 Å². The van der Waals surface area contributed by atoms with Crippen LogP contribution >= 0.6 is 0 Å². The Morgan fingerprint density at radius 3 is 2.12 bits per heavy atom. The van der Waals surface area contributed by atoms with Crippen molar-refractivity contribution in [1.29, 1.82) is 0 Å². The maximum atomic E-state index is 12.7. The van der Waals surface area contributed by atoms with Gasteiger partial charge in [0.15, 0.2) is 12.2 Å². The van der Waals surface area contributed by atoms with Crippen LogP contribution in [0.25, 0.3) is 0 Å². The van der Waals surface area contributed by atoms with Gasteiger partial charge in [-0.05, 0) is 18.2 Å². The summed E-state index contributed by atoms with van der Waals surface area (Å²) in [4.78, 5) is 59.3. The zero-order valence-corrected chi connectivity index (χ0v) is 18.4. The van der Waals surface area contributed by atoms with Crippen LogP contribution in [0.4, 0.5) is 0 Å². The summed E-state index contributed by atoms with van der Waals surface area (Å²) in [6.07, 6.45) is -5.42. The molecular formula is C21H25NO11. The number of carbonyl (C=O) groups excluding carboxylic acids is 5. The molecular weight excluding hydrogens is 442 g/mol. The van der Waals surface area contributed by atoms with E-state index in [4.69, 9.17) is 23.7 Å². The molecule has 1 aliphatic rings. The van der Waals surface area contributed by atoms with E-state index in [1.54, 1.807) is 0 Å². The van der Waals surface area contributed by atoms with Crippen molar-refractivity contribution in [2.45, 2.75) is 58.3 Å². The van der Waals surface area contributed by atoms with Gasteiger partial charge in [0.1, 0.15) is 24.5 Å². The number of esters is 4. The number of hydrogen-bond acceptors (Lipinski definition) is 11. The average molecular weight is 467 g/mol. The molecule has 0 saturated carbocycles. The quantitative estimate of drug-likeness (QED) is 0.416. The van der Waals surface area contributed by atoms with Gasteiger partial charge in [-0.25, -0.2) is 4.79 Å². The minimum atomic E-state index is -1.54. The van der Waals surface area contributed by atoms with E-state index in [9.17, 15) is 29.1 Å². The summed E-state index contributed by atoms with van der Waals surface area (Å²) in [5.41, 5.74) is -0.0251. The monoisotopic (exact) mass is 467 g/mol.